The minimum Gasteiger partial charge on any atom is -0.465 e. The molecule has 1 aliphatic carbocycles. The van der Waals surface area contributed by atoms with Crippen LogP contribution in [-0.2, 0) is 14.3 Å². The molecule has 1 atom stereocenters. The van der Waals surface area contributed by atoms with Crippen molar-refractivity contribution in [2.75, 3.05) is 14.2 Å². The van der Waals surface area contributed by atoms with Gasteiger partial charge in [0.05, 0.1) is 31.1 Å². The van der Waals surface area contributed by atoms with Gasteiger partial charge in [-0.2, -0.15) is 0 Å². The van der Waals surface area contributed by atoms with Gasteiger partial charge in [0.2, 0.25) is 5.43 Å². The second-order valence-corrected chi connectivity index (χ2v) is 11.0. The molecule has 0 bridgehead atoms. The van der Waals surface area contributed by atoms with Crippen molar-refractivity contribution in [1.29, 1.82) is 0 Å². The number of carbonyl (C=O) groups is 2. The predicted molar refractivity (Wildman–Crippen MR) is 167 cm³/mol. The van der Waals surface area contributed by atoms with Gasteiger partial charge in [-0.1, -0.05) is 48.5 Å². The lowest BCUT2D eigenvalue weighted by Gasteiger charge is -2.14. The topological polar surface area (TPSA) is 116 Å². The molecule has 0 radical (unpaired) electrons. The summed E-state index contributed by atoms with van der Waals surface area (Å²) >= 11 is 6.68. The smallest absolute Gasteiger partial charge is 0.338 e. The van der Waals surface area contributed by atoms with E-state index in [0.717, 1.165) is 8.95 Å². The van der Waals surface area contributed by atoms with E-state index in [4.69, 9.17) is 9.47 Å². The van der Waals surface area contributed by atoms with Crippen LogP contribution in [0.15, 0.2) is 92.9 Å². The first kappa shape index (κ1) is 29.2. The molecular weight excluding hydrogens is 668 g/mol. The van der Waals surface area contributed by atoms with Crippen LogP contribution in [0, 0.1) is 0 Å². The van der Waals surface area contributed by atoms with Crippen molar-refractivity contribution in [3.05, 3.63) is 126 Å². The van der Waals surface area contributed by atoms with Crippen LogP contribution in [0.3, 0.4) is 0 Å². The van der Waals surface area contributed by atoms with Crippen molar-refractivity contribution in [2.24, 2.45) is 0 Å². The van der Waals surface area contributed by atoms with Crippen molar-refractivity contribution >= 4 is 77.1 Å². The molecule has 1 aliphatic rings. The predicted octanol–water partition coefficient (Wildman–Crippen LogP) is 6.25. The zero-order valence-corrected chi connectivity index (χ0v) is 25.5. The first-order valence-electron chi connectivity index (χ1n) is 12.6. The van der Waals surface area contributed by atoms with Gasteiger partial charge < -0.3 is 14.6 Å². The molecule has 0 spiro atoms. The number of hydrogen-bond donors (Lipinski definition) is 1. The van der Waals surface area contributed by atoms with Crippen LogP contribution in [0.4, 0.5) is 0 Å². The van der Waals surface area contributed by atoms with Gasteiger partial charge in [0.15, 0.2) is 0 Å². The Morgan fingerprint density at radius 1 is 0.833 bits per heavy atom. The summed E-state index contributed by atoms with van der Waals surface area (Å²) < 4.78 is 11.2. The zero-order chi connectivity index (χ0) is 30.0. The maximum Gasteiger partial charge on any atom is 0.338 e. The molecule has 2 heterocycles. The number of nitrogens with zero attached hydrogens (tertiary/aromatic N) is 2. The number of pyridine rings is 2. The molecule has 10 heteroatoms. The lowest BCUT2D eigenvalue weighted by atomic mass is 9.97. The maximum atomic E-state index is 12.6. The number of benzene rings is 2. The number of ether oxygens (including phenoxy) is 2. The van der Waals surface area contributed by atoms with E-state index in [-0.39, 0.29) is 5.43 Å². The summed E-state index contributed by atoms with van der Waals surface area (Å²) in [7, 11) is 2.66. The van der Waals surface area contributed by atoms with E-state index in [2.05, 4.69) is 41.8 Å². The molecule has 42 heavy (non-hydrogen) atoms. The second kappa shape index (κ2) is 12.3. The van der Waals surface area contributed by atoms with Gasteiger partial charge >= 0.3 is 11.9 Å². The fraction of sp³-hybridized carbons (Fsp3) is 0.0938. The van der Waals surface area contributed by atoms with Crippen LogP contribution in [0.1, 0.15) is 38.8 Å². The number of hydrogen-bond acceptors (Lipinski definition) is 8. The van der Waals surface area contributed by atoms with Gasteiger partial charge in [-0.15, -0.1) is 0 Å². The highest BCUT2D eigenvalue weighted by Gasteiger charge is 2.27. The molecule has 210 valence electrons. The first-order valence-corrected chi connectivity index (χ1v) is 14.1. The first-order chi connectivity index (χ1) is 20.2. The summed E-state index contributed by atoms with van der Waals surface area (Å²) in [5.74, 6) is -0.925. The summed E-state index contributed by atoms with van der Waals surface area (Å²) in [6.07, 6.45) is 4.01. The number of aliphatic hydroxyl groups excluding tert-OH is 1. The summed E-state index contributed by atoms with van der Waals surface area (Å²) in [6.45, 7) is 0. The highest BCUT2D eigenvalue weighted by molar-refractivity contribution is 9.10. The largest absolute Gasteiger partial charge is 0.465 e. The Kier molecular flexibility index (Phi) is 8.58. The van der Waals surface area contributed by atoms with Crippen LogP contribution >= 0.6 is 31.9 Å². The highest BCUT2D eigenvalue weighted by atomic mass is 79.9. The molecule has 2 aromatic heterocycles. The fourth-order valence-electron chi connectivity index (χ4n) is 4.76. The molecule has 0 saturated heterocycles. The molecule has 0 fully saturated rings. The van der Waals surface area contributed by atoms with Gasteiger partial charge in [0.1, 0.15) is 11.6 Å². The zero-order valence-electron chi connectivity index (χ0n) is 22.3. The van der Waals surface area contributed by atoms with Gasteiger partial charge in [0, 0.05) is 43.1 Å². The molecule has 8 nitrogen and oxygen atoms in total. The minimum absolute atomic E-state index is 0.205. The Balaban J connectivity index is 0.000000168. The minimum atomic E-state index is -0.886. The lowest BCUT2D eigenvalue weighted by molar-refractivity contribution is -0.133. The molecule has 1 unspecified atom stereocenters. The molecule has 5 aromatic rings. The van der Waals surface area contributed by atoms with E-state index in [1.807, 2.05) is 18.2 Å². The van der Waals surface area contributed by atoms with Crippen LogP contribution in [0.25, 0.3) is 33.3 Å². The van der Waals surface area contributed by atoms with Crippen molar-refractivity contribution in [2.45, 2.75) is 6.10 Å². The maximum absolute atomic E-state index is 12.6. The van der Waals surface area contributed by atoms with Gasteiger partial charge in [-0.05, 0) is 67.3 Å². The Morgan fingerprint density at radius 2 is 1.48 bits per heavy atom. The Hall–Kier alpha value is -4.25. The molecular formula is C32H22Br2N2O6. The van der Waals surface area contributed by atoms with Gasteiger partial charge in [0.25, 0.3) is 0 Å². The number of rotatable bonds is 2. The lowest BCUT2D eigenvalue weighted by Crippen LogP contribution is -2.07. The summed E-state index contributed by atoms with van der Waals surface area (Å²) in [5.41, 5.74) is 3.38. The van der Waals surface area contributed by atoms with Crippen LogP contribution in [-0.4, -0.2) is 41.2 Å². The van der Waals surface area contributed by atoms with E-state index in [9.17, 15) is 19.5 Å². The quantitative estimate of drug-likeness (QED) is 0.216. The Morgan fingerprint density at radius 3 is 2.21 bits per heavy atom. The van der Waals surface area contributed by atoms with Crippen molar-refractivity contribution in [3.8, 4) is 0 Å². The number of carbonyl (C=O) groups excluding carboxylic acids is 2. The van der Waals surface area contributed by atoms with Crippen molar-refractivity contribution in [1.82, 2.24) is 9.97 Å². The normalized spacial score (nSPS) is 13.5. The van der Waals surface area contributed by atoms with Crippen molar-refractivity contribution in [3.63, 3.8) is 0 Å². The molecule has 1 N–H and O–H groups in total. The molecule has 3 aromatic carbocycles. The van der Waals surface area contributed by atoms with E-state index < -0.39 is 18.0 Å². The van der Waals surface area contributed by atoms with E-state index in [0.29, 0.717) is 55.2 Å². The van der Waals surface area contributed by atoms with E-state index in [1.54, 1.807) is 67.0 Å². The standard InChI is InChI=1S/C16H12BrNO3.C16H10BrNO3/c2*1-21-16(20)13-7-9-6-10(17)8-18-14(9)15(19)12-5-3-2-4-11(12)13/h2-8,15,19H,1H3;2-8H,1H3. The number of aromatic nitrogens is 2. The molecule has 0 aliphatic heterocycles. The summed E-state index contributed by atoms with van der Waals surface area (Å²) in [4.78, 5) is 45.2. The molecule has 0 saturated carbocycles. The fourth-order valence-corrected chi connectivity index (χ4v) is 5.46. The SMILES string of the molecule is COC(=O)C1=Cc2cc(Br)cnc2C(O)c2ccccc21.COC(=O)c1cc2cc(Br)cnc2c(=O)c2ccccc12. The highest BCUT2D eigenvalue weighted by Crippen LogP contribution is 2.36. The number of fused-ring (bicyclic) bond motifs is 4. The average molecular weight is 690 g/mol. The third-order valence-corrected chi connectivity index (χ3v) is 7.56. The monoisotopic (exact) mass is 688 g/mol. The molecule has 0 amide bonds. The van der Waals surface area contributed by atoms with Gasteiger partial charge in [-0.3, -0.25) is 14.8 Å². The summed E-state index contributed by atoms with van der Waals surface area (Å²) in [6, 6.07) is 19.4. The Labute approximate surface area is 256 Å². The second-order valence-electron chi connectivity index (χ2n) is 9.18. The van der Waals surface area contributed by atoms with E-state index in [1.165, 1.54) is 14.2 Å². The van der Waals surface area contributed by atoms with Crippen LogP contribution in [0.2, 0.25) is 0 Å². The Bertz CT molecular complexity index is 1980. The van der Waals surface area contributed by atoms with Gasteiger partial charge in [-0.25, -0.2) is 9.59 Å². The third kappa shape index (κ3) is 5.61. The van der Waals surface area contributed by atoms with Crippen LogP contribution in [0.5, 0.6) is 0 Å². The summed E-state index contributed by atoms with van der Waals surface area (Å²) in [5, 5.41) is 12.2. The number of halogens is 2. The third-order valence-electron chi connectivity index (χ3n) is 6.69. The number of aliphatic hydroxyl groups is 1. The average Bonchev–Trinajstić information content (AvgIpc) is 3.21. The van der Waals surface area contributed by atoms with E-state index >= 15 is 0 Å². The molecule has 6 rings (SSSR count). The number of methoxy groups -OCH3 is 2. The van der Waals surface area contributed by atoms with Crippen molar-refractivity contribution < 1.29 is 24.2 Å². The number of esters is 2. The van der Waals surface area contributed by atoms with Crippen LogP contribution < -0.4 is 5.43 Å².